The molecule has 1 aliphatic heterocycles. The van der Waals surface area contributed by atoms with Gasteiger partial charge >= 0.3 is 5.97 Å². The molecule has 0 aromatic heterocycles. The fraction of sp³-hybridized carbons (Fsp3) is 0.778. The minimum atomic E-state index is -0.185. The van der Waals surface area contributed by atoms with Crippen molar-refractivity contribution in [2.75, 3.05) is 12.4 Å². The van der Waals surface area contributed by atoms with Crippen LogP contribution in [0.15, 0.2) is 0 Å². The van der Waals surface area contributed by atoms with E-state index in [1.54, 1.807) is 18.7 Å². The molecule has 72 valence electrons. The smallest absolute Gasteiger partial charge is 0.310 e. The van der Waals surface area contributed by atoms with E-state index in [0.29, 0.717) is 18.3 Å². The number of ketones is 1. The van der Waals surface area contributed by atoms with Gasteiger partial charge in [-0.15, -0.1) is 0 Å². The van der Waals surface area contributed by atoms with Gasteiger partial charge in [-0.3, -0.25) is 9.59 Å². The van der Waals surface area contributed by atoms with Gasteiger partial charge in [0.1, 0.15) is 5.78 Å². The molecule has 0 bridgehead atoms. The molecule has 0 aromatic carbocycles. The second-order valence-corrected chi connectivity index (χ2v) is 4.70. The van der Waals surface area contributed by atoms with Gasteiger partial charge in [0.25, 0.3) is 0 Å². The Hall–Kier alpha value is -0.510. The molecular weight excluding hydrogens is 188 g/mol. The highest BCUT2D eigenvalue weighted by atomic mass is 32.2. The zero-order chi connectivity index (χ0) is 9.42. The van der Waals surface area contributed by atoms with E-state index in [4.69, 9.17) is 4.74 Å². The molecule has 3 nitrogen and oxygen atoms in total. The molecule has 4 heteroatoms. The molecule has 0 aromatic rings. The number of carbonyl (C=O) groups is 2. The molecule has 2 aliphatic rings. The van der Waals surface area contributed by atoms with Crippen LogP contribution in [0.1, 0.15) is 13.3 Å². The molecule has 2 fully saturated rings. The summed E-state index contributed by atoms with van der Waals surface area (Å²) in [6, 6.07) is 0. The van der Waals surface area contributed by atoms with Gasteiger partial charge in [0.15, 0.2) is 0 Å². The molecule has 3 atom stereocenters. The van der Waals surface area contributed by atoms with Crippen LogP contribution in [-0.4, -0.2) is 29.4 Å². The Morgan fingerprint density at radius 2 is 2.46 bits per heavy atom. The van der Waals surface area contributed by atoms with Crippen LogP contribution in [0.4, 0.5) is 0 Å². The van der Waals surface area contributed by atoms with E-state index in [9.17, 15) is 9.59 Å². The first-order valence-electron chi connectivity index (χ1n) is 4.55. The Labute approximate surface area is 81.2 Å². The molecule has 0 spiro atoms. The lowest BCUT2D eigenvalue weighted by atomic mass is 9.75. The number of ether oxygens (including phenoxy) is 1. The van der Waals surface area contributed by atoms with Gasteiger partial charge in [0, 0.05) is 23.3 Å². The van der Waals surface area contributed by atoms with Crippen molar-refractivity contribution in [1.29, 1.82) is 0 Å². The molecule has 0 amide bonds. The Balaban J connectivity index is 2.00. The summed E-state index contributed by atoms with van der Waals surface area (Å²) in [6.45, 7) is 2.20. The summed E-state index contributed by atoms with van der Waals surface area (Å²) in [5.74, 6) is 0.642. The van der Waals surface area contributed by atoms with Crippen LogP contribution in [0.5, 0.6) is 0 Å². The average Bonchev–Trinajstić information content (AvgIpc) is 2.42. The van der Waals surface area contributed by atoms with Crippen LogP contribution in [0.2, 0.25) is 0 Å². The number of thioether (sulfide) groups is 1. The second kappa shape index (κ2) is 3.33. The number of fused-ring (bicyclic) bond motifs is 1. The van der Waals surface area contributed by atoms with Crippen LogP contribution < -0.4 is 0 Å². The van der Waals surface area contributed by atoms with Crippen LogP contribution in [0, 0.1) is 11.8 Å². The maximum Gasteiger partial charge on any atom is 0.310 e. The molecule has 1 saturated heterocycles. The van der Waals surface area contributed by atoms with E-state index in [2.05, 4.69) is 0 Å². The first kappa shape index (κ1) is 9.06. The second-order valence-electron chi connectivity index (χ2n) is 3.43. The molecule has 3 unspecified atom stereocenters. The van der Waals surface area contributed by atoms with E-state index >= 15 is 0 Å². The average molecular weight is 200 g/mol. The van der Waals surface area contributed by atoms with Crippen molar-refractivity contribution in [3.63, 3.8) is 0 Å². The summed E-state index contributed by atoms with van der Waals surface area (Å²) in [5, 5.41) is 0.405. The minimum absolute atomic E-state index is 0.0240. The van der Waals surface area contributed by atoms with Crippen molar-refractivity contribution in [2.24, 2.45) is 11.8 Å². The first-order chi connectivity index (χ1) is 6.24. The molecule has 0 N–H and O–H groups in total. The van der Waals surface area contributed by atoms with Gasteiger partial charge in [-0.05, 0) is 6.92 Å². The summed E-state index contributed by atoms with van der Waals surface area (Å²) < 4.78 is 4.92. The van der Waals surface area contributed by atoms with E-state index in [1.165, 1.54) is 0 Å². The lowest BCUT2D eigenvalue weighted by molar-refractivity contribution is -0.152. The monoisotopic (exact) mass is 200 g/mol. The van der Waals surface area contributed by atoms with Gasteiger partial charge in [-0.1, -0.05) is 0 Å². The standard InChI is InChI=1S/C9H12O3S/c1-2-12-9(11)5-4-13-7-3-6(10)8(5)7/h5,7-8H,2-4H2,1H3. The lowest BCUT2D eigenvalue weighted by Gasteiger charge is -2.29. The lowest BCUT2D eigenvalue weighted by Crippen LogP contribution is -2.42. The van der Waals surface area contributed by atoms with Crippen molar-refractivity contribution < 1.29 is 14.3 Å². The molecule has 2 rings (SSSR count). The number of hydrogen-bond acceptors (Lipinski definition) is 4. The Kier molecular flexibility index (Phi) is 2.32. The highest BCUT2D eigenvalue weighted by Crippen LogP contribution is 2.47. The summed E-state index contributed by atoms with van der Waals surface area (Å²) in [5.41, 5.74) is 0. The minimum Gasteiger partial charge on any atom is -0.466 e. The number of Topliss-reactive ketones (excluding diaryl/α,β-unsaturated/α-hetero) is 1. The van der Waals surface area contributed by atoms with Crippen molar-refractivity contribution in [1.82, 2.24) is 0 Å². The number of esters is 1. The van der Waals surface area contributed by atoms with Crippen molar-refractivity contribution in [2.45, 2.75) is 18.6 Å². The normalized spacial score (nSPS) is 36.7. The maximum atomic E-state index is 11.4. The van der Waals surface area contributed by atoms with E-state index in [1.807, 2.05) is 0 Å². The van der Waals surface area contributed by atoms with Crippen LogP contribution in [0.3, 0.4) is 0 Å². The Bertz CT molecular complexity index is 251. The molecule has 1 heterocycles. The SMILES string of the molecule is CCOC(=O)C1CSC2CC(=O)C21. The molecular formula is C9H12O3S. The van der Waals surface area contributed by atoms with E-state index < -0.39 is 0 Å². The van der Waals surface area contributed by atoms with Crippen molar-refractivity contribution in [3.8, 4) is 0 Å². The van der Waals surface area contributed by atoms with Crippen molar-refractivity contribution in [3.05, 3.63) is 0 Å². The maximum absolute atomic E-state index is 11.4. The van der Waals surface area contributed by atoms with E-state index in [0.717, 1.165) is 5.75 Å². The van der Waals surface area contributed by atoms with Gasteiger partial charge in [-0.25, -0.2) is 0 Å². The van der Waals surface area contributed by atoms with Crippen LogP contribution >= 0.6 is 11.8 Å². The summed E-state index contributed by atoms with van der Waals surface area (Å²) in [4.78, 5) is 22.6. The summed E-state index contributed by atoms with van der Waals surface area (Å²) in [7, 11) is 0. The van der Waals surface area contributed by atoms with Gasteiger partial charge in [-0.2, -0.15) is 11.8 Å². The Morgan fingerprint density at radius 3 is 3.08 bits per heavy atom. The summed E-state index contributed by atoms with van der Waals surface area (Å²) >= 11 is 1.74. The van der Waals surface area contributed by atoms with Gasteiger partial charge in [0.05, 0.1) is 12.5 Å². The number of carbonyl (C=O) groups excluding carboxylic acids is 2. The fourth-order valence-electron chi connectivity index (χ4n) is 1.95. The quantitative estimate of drug-likeness (QED) is 0.620. The zero-order valence-corrected chi connectivity index (χ0v) is 8.30. The third-order valence-electron chi connectivity index (χ3n) is 2.69. The highest BCUT2D eigenvalue weighted by molar-refractivity contribution is 8.00. The van der Waals surface area contributed by atoms with E-state index in [-0.39, 0.29) is 23.6 Å². The third kappa shape index (κ3) is 1.37. The van der Waals surface area contributed by atoms with Gasteiger partial charge in [0.2, 0.25) is 0 Å². The largest absolute Gasteiger partial charge is 0.466 e. The Morgan fingerprint density at radius 1 is 1.69 bits per heavy atom. The van der Waals surface area contributed by atoms with Crippen molar-refractivity contribution >= 4 is 23.5 Å². The molecule has 1 saturated carbocycles. The molecule has 1 aliphatic carbocycles. The highest BCUT2D eigenvalue weighted by Gasteiger charge is 2.52. The topological polar surface area (TPSA) is 43.4 Å². The predicted molar refractivity (Wildman–Crippen MR) is 49.5 cm³/mol. The third-order valence-corrected chi connectivity index (χ3v) is 4.13. The summed E-state index contributed by atoms with van der Waals surface area (Å²) in [6.07, 6.45) is 0.658. The van der Waals surface area contributed by atoms with Gasteiger partial charge < -0.3 is 4.74 Å². The molecule has 13 heavy (non-hydrogen) atoms. The van der Waals surface area contributed by atoms with Crippen LogP contribution in [-0.2, 0) is 14.3 Å². The first-order valence-corrected chi connectivity index (χ1v) is 5.60. The number of rotatable bonds is 2. The fourth-order valence-corrected chi connectivity index (χ4v) is 3.58. The predicted octanol–water partition coefficient (Wildman–Crippen LogP) is 0.870. The zero-order valence-electron chi connectivity index (χ0n) is 7.49. The molecule has 0 radical (unpaired) electrons. The van der Waals surface area contributed by atoms with Crippen LogP contribution in [0.25, 0.3) is 0 Å². The number of hydrogen-bond donors (Lipinski definition) is 0.